The van der Waals surface area contributed by atoms with Crippen LogP contribution in [0.2, 0.25) is 5.02 Å². The van der Waals surface area contributed by atoms with Crippen LogP contribution < -0.4 is 10.1 Å². The molecule has 2 aromatic carbocycles. The number of nitrogens with one attached hydrogen (secondary N) is 1. The van der Waals surface area contributed by atoms with Crippen molar-refractivity contribution in [3.8, 4) is 5.75 Å². The molecule has 1 N–H and O–H groups in total. The maximum Gasteiger partial charge on any atom is 0.119 e. The molecule has 0 amide bonds. The molecule has 0 saturated heterocycles. The quantitative estimate of drug-likeness (QED) is 0.819. The van der Waals surface area contributed by atoms with Crippen molar-refractivity contribution in [2.45, 2.75) is 19.5 Å². The van der Waals surface area contributed by atoms with E-state index in [0.717, 1.165) is 27.4 Å². The van der Waals surface area contributed by atoms with Crippen LogP contribution in [-0.2, 0) is 6.54 Å². The minimum absolute atomic E-state index is 0.222. The van der Waals surface area contributed by atoms with Crippen molar-refractivity contribution in [2.24, 2.45) is 0 Å². The van der Waals surface area contributed by atoms with Crippen molar-refractivity contribution in [3.63, 3.8) is 0 Å². The summed E-state index contributed by atoms with van der Waals surface area (Å²) in [6, 6.07) is 14.2. The zero-order valence-electron chi connectivity index (χ0n) is 11.5. The van der Waals surface area contributed by atoms with Gasteiger partial charge in [0.15, 0.2) is 0 Å². The molecule has 0 aliphatic carbocycles. The lowest BCUT2D eigenvalue weighted by Crippen LogP contribution is -2.18. The van der Waals surface area contributed by atoms with E-state index in [-0.39, 0.29) is 6.04 Å². The SMILES string of the molecule is COc1cccc([C@H](C)NCc2cc(Br)ccc2Cl)c1. The summed E-state index contributed by atoms with van der Waals surface area (Å²) in [6.07, 6.45) is 0. The summed E-state index contributed by atoms with van der Waals surface area (Å²) in [7, 11) is 1.68. The third-order valence-corrected chi connectivity index (χ3v) is 4.06. The highest BCUT2D eigenvalue weighted by Crippen LogP contribution is 2.23. The molecule has 2 nitrogen and oxygen atoms in total. The first-order chi connectivity index (χ1) is 9.60. The molecule has 0 aromatic heterocycles. The Morgan fingerprint density at radius 1 is 1.25 bits per heavy atom. The number of methoxy groups -OCH3 is 1. The molecule has 0 bridgehead atoms. The number of ether oxygens (including phenoxy) is 1. The van der Waals surface area contributed by atoms with Gasteiger partial charge in [-0.3, -0.25) is 0 Å². The summed E-state index contributed by atoms with van der Waals surface area (Å²) in [5.74, 6) is 0.872. The van der Waals surface area contributed by atoms with Crippen LogP contribution in [0.4, 0.5) is 0 Å². The molecule has 106 valence electrons. The van der Waals surface area contributed by atoms with Crippen LogP contribution in [0.3, 0.4) is 0 Å². The molecule has 0 aliphatic rings. The van der Waals surface area contributed by atoms with Gasteiger partial charge in [0.05, 0.1) is 7.11 Å². The molecule has 0 aliphatic heterocycles. The van der Waals surface area contributed by atoms with Gasteiger partial charge < -0.3 is 10.1 Å². The summed E-state index contributed by atoms with van der Waals surface area (Å²) >= 11 is 9.66. The van der Waals surface area contributed by atoms with Crippen LogP contribution in [0.25, 0.3) is 0 Å². The van der Waals surface area contributed by atoms with E-state index < -0.39 is 0 Å². The Kier molecular flexibility index (Phi) is 5.46. The van der Waals surface area contributed by atoms with Crippen LogP contribution in [0.5, 0.6) is 5.75 Å². The first-order valence-corrected chi connectivity index (χ1v) is 7.58. The first kappa shape index (κ1) is 15.4. The lowest BCUT2D eigenvalue weighted by Gasteiger charge is -2.16. The van der Waals surface area contributed by atoms with E-state index in [1.807, 2.05) is 36.4 Å². The van der Waals surface area contributed by atoms with Gasteiger partial charge in [-0.2, -0.15) is 0 Å². The van der Waals surface area contributed by atoms with Crippen LogP contribution in [-0.4, -0.2) is 7.11 Å². The number of hydrogen-bond acceptors (Lipinski definition) is 2. The van der Waals surface area contributed by atoms with E-state index >= 15 is 0 Å². The molecule has 0 saturated carbocycles. The molecule has 0 unspecified atom stereocenters. The normalized spacial score (nSPS) is 12.2. The van der Waals surface area contributed by atoms with E-state index in [4.69, 9.17) is 16.3 Å². The molecule has 0 spiro atoms. The average Bonchev–Trinajstić information content (AvgIpc) is 2.48. The summed E-state index contributed by atoms with van der Waals surface area (Å²) in [6.45, 7) is 2.84. The van der Waals surface area contributed by atoms with Gasteiger partial charge in [-0.15, -0.1) is 0 Å². The maximum absolute atomic E-state index is 6.19. The van der Waals surface area contributed by atoms with Gasteiger partial charge >= 0.3 is 0 Å². The van der Waals surface area contributed by atoms with Crippen molar-refractivity contribution < 1.29 is 4.74 Å². The van der Waals surface area contributed by atoms with Gasteiger partial charge in [0.1, 0.15) is 5.75 Å². The van der Waals surface area contributed by atoms with Crippen LogP contribution in [0, 0.1) is 0 Å². The predicted molar refractivity (Wildman–Crippen MR) is 87.4 cm³/mol. The molecule has 0 radical (unpaired) electrons. The van der Waals surface area contributed by atoms with Crippen molar-refractivity contribution >= 4 is 27.5 Å². The van der Waals surface area contributed by atoms with Crippen molar-refractivity contribution in [1.82, 2.24) is 5.32 Å². The van der Waals surface area contributed by atoms with Gasteiger partial charge in [0.2, 0.25) is 0 Å². The number of rotatable bonds is 5. The largest absolute Gasteiger partial charge is 0.497 e. The fourth-order valence-corrected chi connectivity index (χ4v) is 2.56. The zero-order valence-corrected chi connectivity index (χ0v) is 13.8. The lowest BCUT2D eigenvalue weighted by molar-refractivity contribution is 0.413. The second-order valence-electron chi connectivity index (χ2n) is 4.61. The highest BCUT2D eigenvalue weighted by molar-refractivity contribution is 9.10. The third-order valence-electron chi connectivity index (χ3n) is 3.20. The molecule has 2 rings (SSSR count). The maximum atomic E-state index is 6.19. The average molecular weight is 355 g/mol. The zero-order chi connectivity index (χ0) is 14.5. The van der Waals surface area contributed by atoms with E-state index in [2.05, 4.69) is 34.2 Å². The first-order valence-electron chi connectivity index (χ1n) is 6.41. The molecular formula is C16H17BrClNO. The minimum atomic E-state index is 0.222. The molecule has 2 aromatic rings. The standard InChI is InChI=1S/C16H17BrClNO/c1-11(12-4-3-5-15(9-12)20-2)19-10-13-8-14(17)6-7-16(13)18/h3-9,11,19H,10H2,1-2H3/t11-/m0/s1. The second-order valence-corrected chi connectivity index (χ2v) is 5.94. The van der Waals surface area contributed by atoms with E-state index in [0.29, 0.717) is 0 Å². The molecule has 1 atom stereocenters. The summed E-state index contributed by atoms with van der Waals surface area (Å²) in [5.41, 5.74) is 2.27. The minimum Gasteiger partial charge on any atom is -0.497 e. The Balaban J connectivity index is 2.04. The summed E-state index contributed by atoms with van der Waals surface area (Å²) < 4.78 is 6.28. The second kappa shape index (κ2) is 7.11. The molecular weight excluding hydrogens is 338 g/mol. The molecule has 0 heterocycles. The number of benzene rings is 2. The van der Waals surface area contributed by atoms with Crippen molar-refractivity contribution in [1.29, 1.82) is 0 Å². The van der Waals surface area contributed by atoms with E-state index in [1.165, 1.54) is 5.56 Å². The number of halogens is 2. The fourth-order valence-electron chi connectivity index (χ4n) is 1.97. The van der Waals surface area contributed by atoms with Crippen LogP contribution in [0.15, 0.2) is 46.9 Å². The summed E-state index contributed by atoms with van der Waals surface area (Å²) in [4.78, 5) is 0. The van der Waals surface area contributed by atoms with E-state index in [9.17, 15) is 0 Å². The van der Waals surface area contributed by atoms with Gasteiger partial charge in [-0.25, -0.2) is 0 Å². The molecule has 4 heteroatoms. The van der Waals surface area contributed by atoms with Gasteiger partial charge in [0, 0.05) is 22.1 Å². The lowest BCUT2D eigenvalue weighted by atomic mass is 10.1. The Morgan fingerprint density at radius 3 is 2.80 bits per heavy atom. The third kappa shape index (κ3) is 3.98. The molecule has 20 heavy (non-hydrogen) atoms. The number of hydrogen-bond donors (Lipinski definition) is 1. The Labute approximate surface area is 133 Å². The fraction of sp³-hybridized carbons (Fsp3) is 0.250. The van der Waals surface area contributed by atoms with Gasteiger partial charge in [-0.1, -0.05) is 39.7 Å². The van der Waals surface area contributed by atoms with Crippen LogP contribution in [0.1, 0.15) is 24.1 Å². The van der Waals surface area contributed by atoms with Crippen LogP contribution >= 0.6 is 27.5 Å². The van der Waals surface area contributed by atoms with Crippen molar-refractivity contribution in [3.05, 3.63) is 63.1 Å². The highest BCUT2D eigenvalue weighted by Gasteiger charge is 2.07. The van der Waals surface area contributed by atoms with Crippen molar-refractivity contribution in [2.75, 3.05) is 7.11 Å². The summed E-state index contributed by atoms with van der Waals surface area (Å²) in [5, 5.41) is 4.25. The monoisotopic (exact) mass is 353 g/mol. The van der Waals surface area contributed by atoms with Gasteiger partial charge in [-0.05, 0) is 48.4 Å². The smallest absolute Gasteiger partial charge is 0.119 e. The Hall–Kier alpha value is -1.03. The predicted octanol–water partition coefficient (Wildman–Crippen LogP) is 4.96. The molecule has 0 fully saturated rings. The Bertz CT molecular complexity index is 588. The highest BCUT2D eigenvalue weighted by atomic mass is 79.9. The van der Waals surface area contributed by atoms with Gasteiger partial charge in [0.25, 0.3) is 0 Å². The Morgan fingerprint density at radius 2 is 2.05 bits per heavy atom. The van der Waals surface area contributed by atoms with E-state index in [1.54, 1.807) is 7.11 Å². The topological polar surface area (TPSA) is 21.3 Å².